The zero-order valence-electron chi connectivity index (χ0n) is 14.8. The fraction of sp³-hybridized carbons (Fsp3) is 0.714. The zero-order chi connectivity index (χ0) is 19.6. The second-order valence-electron chi connectivity index (χ2n) is 6.16. The average Bonchev–Trinajstić information content (AvgIpc) is 2.83. The fourth-order valence-corrected chi connectivity index (χ4v) is 3.44. The first-order valence-electron chi connectivity index (χ1n) is 7.92. The van der Waals surface area contributed by atoms with E-state index in [4.69, 9.17) is 28.5 Å². The number of ether oxygens (including phenoxy) is 3. The van der Waals surface area contributed by atoms with Crippen molar-refractivity contribution in [2.45, 2.75) is 57.5 Å². The van der Waals surface area contributed by atoms with Crippen LogP contribution in [0.3, 0.4) is 0 Å². The van der Waals surface area contributed by atoms with Crippen molar-refractivity contribution in [3.63, 3.8) is 0 Å². The lowest BCUT2D eigenvalue weighted by Gasteiger charge is -2.28. The maximum Gasteiger partial charge on any atom is 0.469 e. The van der Waals surface area contributed by atoms with Crippen LogP contribution in [0.15, 0.2) is 21.9 Å². The number of rotatable bonds is 7. The fourth-order valence-electron chi connectivity index (χ4n) is 2.89. The lowest BCUT2D eigenvalue weighted by molar-refractivity contribution is -0.101. The third-order valence-corrected chi connectivity index (χ3v) is 4.43. The molecule has 0 aromatic carbocycles. The van der Waals surface area contributed by atoms with Crippen LogP contribution in [-0.2, 0) is 23.3 Å². The van der Waals surface area contributed by atoms with E-state index in [-0.39, 0.29) is 6.10 Å². The molecule has 0 amide bonds. The van der Waals surface area contributed by atoms with Gasteiger partial charge in [-0.3, -0.25) is 18.9 Å². The molecule has 0 radical (unpaired) electrons. The predicted molar refractivity (Wildman–Crippen MR) is 88.6 cm³/mol. The molecule has 1 aliphatic heterocycles. The number of aromatic amines is 1. The number of nitrogens with one attached hydrogen (secondary N) is 1. The topological polar surface area (TPSA) is 149 Å². The van der Waals surface area contributed by atoms with Crippen LogP contribution < -0.4 is 11.2 Å². The largest absolute Gasteiger partial charge is 0.469 e. The molecule has 0 bridgehead atoms. The molecule has 4 unspecified atom stereocenters. The third-order valence-electron chi connectivity index (χ3n) is 3.82. The molecular formula is C14H23N2O9P. The number of phosphoric acid groups is 1. The number of nitrogens with zero attached hydrogens (tertiary/aromatic N) is 1. The normalized spacial score (nSPS) is 27.8. The van der Waals surface area contributed by atoms with E-state index >= 15 is 0 Å². The Morgan fingerprint density at radius 3 is 2.42 bits per heavy atom. The highest BCUT2D eigenvalue weighted by Gasteiger charge is 2.50. The van der Waals surface area contributed by atoms with Gasteiger partial charge >= 0.3 is 13.5 Å². The highest BCUT2D eigenvalue weighted by Crippen LogP contribution is 2.42. The van der Waals surface area contributed by atoms with Crippen LogP contribution in [0, 0.1) is 0 Å². The van der Waals surface area contributed by atoms with Crippen LogP contribution in [0.4, 0.5) is 0 Å². The summed E-state index contributed by atoms with van der Waals surface area (Å²) in [7, 11) is -3.37. The molecule has 1 fully saturated rings. The molecule has 1 aromatic heterocycles. The van der Waals surface area contributed by atoms with E-state index in [0.29, 0.717) is 0 Å². The first-order chi connectivity index (χ1) is 12.0. The molecular weight excluding hydrogens is 371 g/mol. The minimum atomic E-state index is -4.76. The van der Waals surface area contributed by atoms with Gasteiger partial charge in [-0.05, 0) is 20.8 Å². The van der Waals surface area contributed by atoms with Crippen molar-refractivity contribution in [2.75, 3.05) is 7.11 Å². The average molecular weight is 394 g/mol. The molecule has 26 heavy (non-hydrogen) atoms. The van der Waals surface area contributed by atoms with Gasteiger partial charge in [-0.1, -0.05) is 0 Å². The first-order valence-corrected chi connectivity index (χ1v) is 9.45. The standard InChI is InChI=1S/C14H23N2O9P/c1-7(2)23-11-10(8(3)25-26(19,20)21)24-13(12(11)22-4)16-6-5-9(17)15-14(16)18/h5-8,10-13H,1-4H3,(H,15,17,18)(H2,19,20,21)/t8-,10?,11?,12?,13?/m1/s1. The smallest absolute Gasteiger partial charge is 0.374 e. The SMILES string of the molecule is COC1C(OC(C)C)C([C@@H](C)OP(=O)(O)O)OC1n1ccc(=O)[nH]c1=O. The minimum absolute atomic E-state index is 0.253. The Bertz CT molecular complexity index is 770. The third kappa shape index (κ3) is 4.89. The Labute approximate surface area is 149 Å². The highest BCUT2D eigenvalue weighted by molar-refractivity contribution is 7.46. The zero-order valence-corrected chi connectivity index (χ0v) is 15.7. The number of hydrogen-bond acceptors (Lipinski definition) is 7. The number of hydrogen-bond donors (Lipinski definition) is 3. The summed E-state index contributed by atoms with van der Waals surface area (Å²) < 4.78 is 34.1. The van der Waals surface area contributed by atoms with Gasteiger partial charge in [0.25, 0.3) is 5.56 Å². The van der Waals surface area contributed by atoms with Gasteiger partial charge < -0.3 is 24.0 Å². The molecule has 3 N–H and O–H groups in total. The molecule has 12 heteroatoms. The summed E-state index contributed by atoms with van der Waals surface area (Å²) in [6, 6.07) is 1.15. The van der Waals surface area contributed by atoms with Gasteiger partial charge in [0.05, 0.1) is 12.2 Å². The maximum atomic E-state index is 12.1. The number of aromatic nitrogens is 2. The van der Waals surface area contributed by atoms with E-state index < -0.39 is 49.7 Å². The van der Waals surface area contributed by atoms with Gasteiger partial charge in [0, 0.05) is 19.4 Å². The van der Waals surface area contributed by atoms with E-state index in [1.54, 1.807) is 13.8 Å². The van der Waals surface area contributed by atoms with Crippen molar-refractivity contribution in [1.29, 1.82) is 0 Å². The molecule has 1 saturated heterocycles. The molecule has 2 heterocycles. The number of methoxy groups -OCH3 is 1. The van der Waals surface area contributed by atoms with Crippen LogP contribution >= 0.6 is 7.82 Å². The Hall–Kier alpha value is -1.33. The van der Waals surface area contributed by atoms with Crippen molar-refractivity contribution in [3.05, 3.63) is 33.1 Å². The molecule has 0 saturated carbocycles. The summed E-state index contributed by atoms with van der Waals surface area (Å²) >= 11 is 0. The van der Waals surface area contributed by atoms with Gasteiger partial charge in [-0.2, -0.15) is 0 Å². The molecule has 2 rings (SSSR count). The number of H-pyrrole nitrogens is 1. The molecule has 5 atom stereocenters. The quantitative estimate of drug-likeness (QED) is 0.532. The summed E-state index contributed by atoms with van der Waals surface area (Å²) in [4.78, 5) is 43.6. The molecule has 0 spiro atoms. The molecule has 11 nitrogen and oxygen atoms in total. The van der Waals surface area contributed by atoms with Crippen molar-refractivity contribution < 1.29 is 33.1 Å². The maximum absolute atomic E-state index is 12.1. The van der Waals surface area contributed by atoms with Crippen molar-refractivity contribution in [1.82, 2.24) is 9.55 Å². The first kappa shape index (κ1) is 21.0. The lowest BCUT2D eigenvalue weighted by Crippen LogP contribution is -2.43. The van der Waals surface area contributed by atoms with Crippen LogP contribution in [0.2, 0.25) is 0 Å². The summed E-state index contributed by atoms with van der Waals surface area (Å²) in [5, 5.41) is 0. The second kappa shape index (κ2) is 8.13. The van der Waals surface area contributed by atoms with E-state index in [1.165, 1.54) is 20.2 Å². The second-order valence-corrected chi connectivity index (χ2v) is 7.35. The van der Waals surface area contributed by atoms with Crippen LogP contribution in [0.25, 0.3) is 0 Å². The van der Waals surface area contributed by atoms with Gasteiger partial charge in [0.1, 0.15) is 18.3 Å². The Morgan fingerprint density at radius 2 is 1.92 bits per heavy atom. The van der Waals surface area contributed by atoms with E-state index in [9.17, 15) is 14.2 Å². The van der Waals surface area contributed by atoms with Crippen LogP contribution in [0.1, 0.15) is 27.0 Å². The Balaban J connectivity index is 2.40. The minimum Gasteiger partial charge on any atom is -0.374 e. The summed E-state index contributed by atoms with van der Waals surface area (Å²) in [6.07, 6.45) is -3.53. The van der Waals surface area contributed by atoms with Gasteiger partial charge in [-0.15, -0.1) is 0 Å². The van der Waals surface area contributed by atoms with Gasteiger partial charge in [-0.25, -0.2) is 9.36 Å². The Morgan fingerprint density at radius 1 is 1.27 bits per heavy atom. The molecule has 148 valence electrons. The van der Waals surface area contributed by atoms with Crippen LogP contribution in [0.5, 0.6) is 0 Å². The predicted octanol–water partition coefficient (Wildman–Crippen LogP) is -0.260. The monoisotopic (exact) mass is 394 g/mol. The van der Waals surface area contributed by atoms with Crippen molar-refractivity contribution >= 4 is 7.82 Å². The van der Waals surface area contributed by atoms with Crippen molar-refractivity contribution in [3.8, 4) is 0 Å². The van der Waals surface area contributed by atoms with Gasteiger partial charge in [0.2, 0.25) is 0 Å². The van der Waals surface area contributed by atoms with E-state index in [2.05, 4.69) is 4.98 Å². The molecule has 0 aliphatic carbocycles. The Kier molecular flexibility index (Phi) is 6.56. The van der Waals surface area contributed by atoms with Crippen molar-refractivity contribution in [2.24, 2.45) is 0 Å². The summed E-state index contributed by atoms with van der Waals surface area (Å²) in [5.74, 6) is 0. The van der Waals surface area contributed by atoms with Crippen LogP contribution in [-0.4, -0.2) is 57.0 Å². The highest BCUT2D eigenvalue weighted by atomic mass is 31.2. The molecule has 1 aliphatic rings. The van der Waals surface area contributed by atoms with Gasteiger partial charge in [0.15, 0.2) is 6.23 Å². The summed E-state index contributed by atoms with van der Waals surface area (Å²) in [5.41, 5.74) is -1.28. The van der Waals surface area contributed by atoms with E-state index in [1.807, 2.05) is 0 Å². The van der Waals surface area contributed by atoms with E-state index in [0.717, 1.165) is 10.6 Å². The molecule has 1 aromatic rings. The lowest BCUT2D eigenvalue weighted by atomic mass is 10.1. The summed E-state index contributed by atoms with van der Waals surface area (Å²) in [6.45, 7) is 4.97. The number of phosphoric ester groups is 1.